The second-order valence-electron chi connectivity index (χ2n) is 8.88. The van der Waals surface area contributed by atoms with Crippen molar-refractivity contribution in [2.75, 3.05) is 13.2 Å². The van der Waals surface area contributed by atoms with Crippen LogP contribution in [0.25, 0.3) is 22.3 Å². The molecule has 0 spiro atoms. The van der Waals surface area contributed by atoms with E-state index < -0.39 is 17.9 Å². The number of ether oxygens (including phenoxy) is 2. The molecule has 38 heavy (non-hydrogen) atoms. The zero-order valence-electron chi connectivity index (χ0n) is 21.6. The molecule has 1 aliphatic heterocycles. The first-order valence-electron chi connectivity index (χ1n) is 12.2. The minimum absolute atomic E-state index is 0.0107. The summed E-state index contributed by atoms with van der Waals surface area (Å²) >= 11 is 0. The summed E-state index contributed by atoms with van der Waals surface area (Å²) in [5.74, 6) is -1.77. The lowest BCUT2D eigenvalue weighted by Crippen LogP contribution is -2.32. The molecule has 1 N–H and O–H groups in total. The van der Waals surface area contributed by atoms with Gasteiger partial charge in [-0.25, -0.2) is 9.59 Å². The Labute approximate surface area is 220 Å². The molecule has 0 atom stereocenters. The summed E-state index contributed by atoms with van der Waals surface area (Å²) in [5.41, 5.74) is 3.17. The summed E-state index contributed by atoms with van der Waals surface area (Å²) in [4.78, 5) is 40.2. The fourth-order valence-corrected chi connectivity index (χ4v) is 4.69. The predicted molar refractivity (Wildman–Crippen MR) is 146 cm³/mol. The maximum atomic E-state index is 13.5. The number of carbonyl (C=O) groups excluding carboxylic acids is 2. The number of carbonyl (C=O) groups is 2. The van der Waals surface area contributed by atoms with E-state index in [4.69, 9.17) is 13.9 Å². The van der Waals surface area contributed by atoms with Gasteiger partial charge in [0.05, 0.1) is 22.5 Å². The van der Waals surface area contributed by atoms with Crippen LogP contribution in [0, 0.1) is 6.92 Å². The van der Waals surface area contributed by atoms with Crippen LogP contribution in [-0.4, -0.2) is 25.2 Å². The second kappa shape index (κ2) is 11.2. The van der Waals surface area contributed by atoms with Gasteiger partial charge in [-0.05, 0) is 26.8 Å². The third-order valence-electron chi connectivity index (χ3n) is 6.39. The molecule has 0 fully saturated rings. The average molecular weight is 512 g/mol. The Morgan fingerprint density at radius 1 is 0.895 bits per heavy atom. The Bertz CT molecular complexity index is 1510. The molecule has 1 aliphatic rings. The Balaban J connectivity index is 2.03. The van der Waals surface area contributed by atoms with Gasteiger partial charge in [0.15, 0.2) is 5.43 Å². The minimum Gasteiger partial charge on any atom is -0.458 e. The van der Waals surface area contributed by atoms with Crippen molar-refractivity contribution < 1.29 is 23.5 Å². The van der Waals surface area contributed by atoms with E-state index in [0.717, 1.165) is 5.56 Å². The number of nitrogens with one attached hydrogen (secondary N) is 1. The number of allylic oxidation sites excluding steroid dienone is 2. The van der Waals surface area contributed by atoms with E-state index in [1.165, 1.54) is 12.2 Å². The van der Waals surface area contributed by atoms with Crippen LogP contribution in [0.5, 0.6) is 0 Å². The van der Waals surface area contributed by atoms with Gasteiger partial charge in [-0.3, -0.25) is 4.79 Å². The van der Waals surface area contributed by atoms with Gasteiger partial charge in [0.2, 0.25) is 0 Å². The van der Waals surface area contributed by atoms with Crippen LogP contribution in [0.1, 0.15) is 30.9 Å². The minimum atomic E-state index is -0.927. The van der Waals surface area contributed by atoms with E-state index in [2.05, 4.69) is 18.5 Å². The lowest BCUT2D eigenvalue weighted by atomic mass is 9.79. The highest BCUT2D eigenvalue weighted by Crippen LogP contribution is 2.42. The van der Waals surface area contributed by atoms with E-state index in [1.807, 2.05) is 30.3 Å². The monoisotopic (exact) mass is 511 g/mol. The molecule has 1 aromatic heterocycles. The highest BCUT2D eigenvalue weighted by Gasteiger charge is 2.39. The summed E-state index contributed by atoms with van der Waals surface area (Å²) in [7, 11) is 0. The fraction of sp³-hybridized carbons (Fsp3) is 0.194. The number of dihydropyridines is 1. The van der Waals surface area contributed by atoms with E-state index in [1.54, 1.807) is 39.0 Å². The van der Waals surface area contributed by atoms with Crippen molar-refractivity contribution >= 4 is 22.9 Å². The maximum absolute atomic E-state index is 13.5. The molecule has 0 unspecified atom stereocenters. The first-order chi connectivity index (χ1) is 18.3. The van der Waals surface area contributed by atoms with Crippen molar-refractivity contribution in [1.82, 2.24) is 5.32 Å². The molecule has 2 heterocycles. The maximum Gasteiger partial charge on any atom is 0.337 e. The summed E-state index contributed by atoms with van der Waals surface area (Å²) in [6.07, 6.45) is 2.93. The van der Waals surface area contributed by atoms with Crippen LogP contribution in [0.4, 0.5) is 0 Å². The normalized spacial score (nSPS) is 13.8. The second-order valence-corrected chi connectivity index (χ2v) is 8.88. The number of fused-ring (bicyclic) bond motifs is 1. The molecule has 0 radical (unpaired) electrons. The lowest BCUT2D eigenvalue weighted by Gasteiger charge is -2.30. The number of benzene rings is 2. The first-order valence-corrected chi connectivity index (χ1v) is 12.2. The summed E-state index contributed by atoms with van der Waals surface area (Å²) in [6.45, 7) is 12.4. The van der Waals surface area contributed by atoms with Gasteiger partial charge in [-0.2, -0.15) is 0 Å². The highest BCUT2D eigenvalue weighted by molar-refractivity contribution is 6.01. The molecule has 0 saturated heterocycles. The topological polar surface area (TPSA) is 94.8 Å². The van der Waals surface area contributed by atoms with E-state index in [9.17, 15) is 14.4 Å². The Morgan fingerprint density at radius 2 is 1.47 bits per heavy atom. The quantitative estimate of drug-likeness (QED) is 0.317. The molecule has 0 aliphatic carbocycles. The van der Waals surface area contributed by atoms with E-state index >= 15 is 0 Å². The first kappa shape index (κ1) is 26.4. The molecule has 0 amide bonds. The van der Waals surface area contributed by atoms with Crippen molar-refractivity contribution in [3.8, 4) is 11.3 Å². The largest absolute Gasteiger partial charge is 0.458 e. The van der Waals surface area contributed by atoms with Gasteiger partial charge >= 0.3 is 11.9 Å². The van der Waals surface area contributed by atoms with Crippen LogP contribution in [0.15, 0.2) is 106 Å². The molecule has 0 saturated carbocycles. The Morgan fingerprint density at radius 3 is 2.03 bits per heavy atom. The van der Waals surface area contributed by atoms with Gasteiger partial charge in [0.25, 0.3) is 0 Å². The molecular formula is C31H29NO6. The number of hydrogen-bond acceptors (Lipinski definition) is 7. The smallest absolute Gasteiger partial charge is 0.337 e. The number of rotatable bonds is 8. The molecule has 7 nitrogen and oxygen atoms in total. The SMILES string of the molecule is C=CCOC(=O)C1=C(C)NC(C)=C(C(=O)OCC=C)C1c1cccc2c(=O)c(C)c(-c3ccccc3)oc12. The number of para-hydroxylation sites is 1. The van der Waals surface area contributed by atoms with E-state index in [-0.39, 0.29) is 35.4 Å². The van der Waals surface area contributed by atoms with Crippen LogP contribution in [0.2, 0.25) is 0 Å². The summed E-state index contributed by atoms with van der Waals surface area (Å²) in [5, 5.41) is 3.45. The van der Waals surface area contributed by atoms with Crippen molar-refractivity contribution in [2.45, 2.75) is 26.7 Å². The van der Waals surface area contributed by atoms with Gasteiger partial charge in [0.1, 0.15) is 24.6 Å². The van der Waals surface area contributed by atoms with Crippen LogP contribution >= 0.6 is 0 Å². The zero-order valence-corrected chi connectivity index (χ0v) is 21.6. The van der Waals surface area contributed by atoms with Crippen LogP contribution in [-0.2, 0) is 19.1 Å². The van der Waals surface area contributed by atoms with Crippen LogP contribution < -0.4 is 10.7 Å². The number of hydrogen-bond donors (Lipinski definition) is 1. The predicted octanol–water partition coefficient (Wildman–Crippen LogP) is 5.46. The van der Waals surface area contributed by atoms with Crippen molar-refractivity contribution in [2.24, 2.45) is 0 Å². The van der Waals surface area contributed by atoms with Gasteiger partial charge < -0.3 is 19.2 Å². The average Bonchev–Trinajstić information content (AvgIpc) is 2.92. The van der Waals surface area contributed by atoms with Crippen molar-refractivity contribution in [1.29, 1.82) is 0 Å². The Kier molecular flexibility index (Phi) is 7.76. The van der Waals surface area contributed by atoms with E-state index in [0.29, 0.717) is 33.7 Å². The molecule has 194 valence electrons. The number of esters is 2. The van der Waals surface area contributed by atoms with Gasteiger partial charge in [-0.1, -0.05) is 67.8 Å². The van der Waals surface area contributed by atoms with Gasteiger partial charge in [0, 0.05) is 28.1 Å². The summed E-state index contributed by atoms with van der Waals surface area (Å²) < 4.78 is 17.2. The molecule has 7 heteroatoms. The van der Waals surface area contributed by atoms with Gasteiger partial charge in [-0.15, -0.1) is 0 Å². The lowest BCUT2D eigenvalue weighted by molar-refractivity contribution is -0.138. The molecule has 3 aromatic rings. The summed E-state index contributed by atoms with van der Waals surface area (Å²) in [6, 6.07) is 14.4. The van der Waals surface area contributed by atoms with Crippen molar-refractivity contribution in [3.63, 3.8) is 0 Å². The third-order valence-corrected chi connectivity index (χ3v) is 6.39. The molecule has 2 aromatic carbocycles. The highest BCUT2D eigenvalue weighted by atomic mass is 16.5. The molecular weight excluding hydrogens is 482 g/mol. The fourth-order valence-electron chi connectivity index (χ4n) is 4.69. The molecule has 4 rings (SSSR count). The van der Waals surface area contributed by atoms with Crippen molar-refractivity contribution in [3.05, 3.63) is 118 Å². The van der Waals surface area contributed by atoms with Crippen LogP contribution in [0.3, 0.4) is 0 Å². The Hall–Kier alpha value is -4.65. The zero-order chi connectivity index (χ0) is 27.4. The standard InChI is InChI=1S/C31H29NO6/c1-6-16-36-30(34)24-19(4)32-20(5)25(31(35)37-17-7-2)26(24)22-14-11-15-23-27(33)18(3)28(38-29(22)23)21-12-9-8-10-13-21/h6-15,26,32H,1-2,16-17H2,3-5H3. The molecule has 0 bridgehead atoms. The third kappa shape index (κ3) is 4.83.